The Morgan fingerprint density at radius 2 is 1.15 bits per heavy atom. The van der Waals surface area contributed by atoms with Crippen molar-refractivity contribution in [3.8, 4) is 11.5 Å². The number of benzene rings is 2. The van der Waals surface area contributed by atoms with E-state index in [0.29, 0.717) is 13.1 Å². The predicted octanol–water partition coefficient (Wildman–Crippen LogP) is -0.405. The second kappa shape index (κ2) is 12.2. The minimum atomic E-state index is -3.90. The Labute approximate surface area is 205 Å². The van der Waals surface area contributed by atoms with Crippen LogP contribution in [0.25, 0.3) is 0 Å². The predicted molar refractivity (Wildman–Crippen MR) is 127 cm³/mol. The molecule has 0 aliphatic rings. The normalized spacial score (nSPS) is 13.9. The largest absolute Gasteiger partial charge is 0.489 e. The number of likely N-dealkylation sites (N-methyl/N-ethyl adjacent to an activating group) is 2. The van der Waals surface area contributed by atoms with E-state index in [9.17, 15) is 18.6 Å². The van der Waals surface area contributed by atoms with E-state index >= 15 is 0 Å². The van der Waals surface area contributed by atoms with Gasteiger partial charge in [-0.2, -0.15) is 0 Å². The number of rotatable bonds is 12. The Morgan fingerprint density at radius 1 is 0.788 bits per heavy atom. The van der Waals surface area contributed by atoms with Crippen molar-refractivity contribution in [2.45, 2.75) is 22.0 Å². The Kier molecular flexibility index (Phi) is 10.2. The molecule has 0 amide bonds. The van der Waals surface area contributed by atoms with Crippen molar-refractivity contribution in [1.29, 1.82) is 0 Å². The fourth-order valence-electron chi connectivity index (χ4n) is 3.10. The van der Waals surface area contributed by atoms with Crippen LogP contribution in [0.4, 0.5) is 0 Å². The van der Waals surface area contributed by atoms with Crippen molar-refractivity contribution in [2.24, 2.45) is 0 Å². The van der Waals surface area contributed by atoms with Gasteiger partial charge in [-0.25, -0.2) is 8.42 Å². The monoisotopic (exact) mass is 522 g/mol. The van der Waals surface area contributed by atoms with E-state index in [1.807, 2.05) is 28.2 Å². The van der Waals surface area contributed by atoms with E-state index in [4.69, 9.17) is 32.7 Å². The Balaban J connectivity index is 2.12. The van der Waals surface area contributed by atoms with Crippen LogP contribution in [0.5, 0.6) is 11.5 Å². The third-order valence-electron chi connectivity index (χ3n) is 4.58. The van der Waals surface area contributed by atoms with Crippen molar-refractivity contribution < 1.29 is 37.9 Å². The Hall–Kier alpha value is -1.59. The molecule has 0 saturated heterocycles. The first-order chi connectivity index (χ1) is 15.4. The molecular formula is C22H32Cl2N2O6S+2. The van der Waals surface area contributed by atoms with Crippen molar-refractivity contribution in [2.75, 3.05) is 54.5 Å². The van der Waals surface area contributed by atoms with Crippen LogP contribution >= 0.6 is 23.2 Å². The molecule has 0 aliphatic heterocycles. The maximum atomic E-state index is 13.1. The molecule has 11 heteroatoms. The molecule has 2 aromatic rings. The quantitative estimate of drug-likeness (QED) is 0.302. The van der Waals surface area contributed by atoms with Gasteiger partial charge in [-0.1, -0.05) is 23.2 Å². The van der Waals surface area contributed by atoms with E-state index in [1.165, 1.54) is 36.4 Å². The third-order valence-corrected chi connectivity index (χ3v) is 6.92. The van der Waals surface area contributed by atoms with Crippen LogP contribution in [0.2, 0.25) is 10.0 Å². The van der Waals surface area contributed by atoms with Gasteiger partial charge in [0.15, 0.2) is 0 Å². The molecule has 0 radical (unpaired) electrons. The van der Waals surface area contributed by atoms with Gasteiger partial charge < -0.3 is 29.5 Å². The van der Waals surface area contributed by atoms with Crippen molar-refractivity contribution in [1.82, 2.24) is 0 Å². The van der Waals surface area contributed by atoms with E-state index in [0.717, 1.165) is 9.80 Å². The molecule has 0 bridgehead atoms. The molecule has 2 aromatic carbocycles. The van der Waals surface area contributed by atoms with Gasteiger partial charge in [0.2, 0.25) is 9.84 Å². The van der Waals surface area contributed by atoms with Gasteiger partial charge >= 0.3 is 0 Å². The van der Waals surface area contributed by atoms with Gasteiger partial charge in [0, 0.05) is 0 Å². The van der Waals surface area contributed by atoms with Gasteiger partial charge in [0.1, 0.15) is 50.0 Å². The summed E-state index contributed by atoms with van der Waals surface area (Å²) >= 11 is 12.5. The number of hydrogen-bond donors (Lipinski definition) is 4. The number of nitrogens with one attached hydrogen (secondary N) is 2. The van der Waals surface area contributed by atoms with E-state index in [-0.39, 0.29) is 44.5 Å². The molecule has 2 rings (SSSR count). The van der Waals surface area contributed by atoms with Crippen molar-refractivity contribution in [3.05, 3.63) is 46.4 Å². The topological polar surface area (TPSA) is 102 Å². The summed E-state index contributed by atoms with van der Waals surface area (Å²) < 4.78 is 37.2. The maximum absolute atomic E-state index is 13.1. The summed E-state index contributed by atoms with van der Waals surface area (Å²) in [5.74, 6) is 0.562. The molecule has 0 spiro atoms. The molecule has 8 nitrogen and oxygen atoms in total. The van der Waals surface area contributed by atoms with Gasteiger partial charge in [-0.05, 0) is 36.4 Å². The number of hydrogen-bond acceptors (Lipinski definition) is 6. The molecule has 33 heavy (non-hydrogen) atoms. The van der Waals surface area contributed by atoms with Crippen LogP contribution in [0.15, 0.2) is 46.2 Å². The minimum Gasteiger partial charge on any atom is -0.489 e. The maximum Gasteiger partial charge on any atom is 0.206 e. The number of aliphatic hydroxyl groups is 2. The zero-order chi connectivity index (χ0) is 24.8. The molecule has 0 heterocycles. The van der Waals surface area contributed by atoms with Crippen LogP contribution in [-0.2, 0) is 9.84 Å². The highest BCUT2D eigenvalue weighted by atomic mass is 35.5. The molecule has 0 aliphatic carbocycles. The summed E-state index contributed by atoms with van der Waals surface area (Å²) in [4.78, 5) is 2.10. The average molecular weight is 523 g/mol. The van der Waals surface area contributed by atoms with Crippen LogP contribution < -0.4 is 19.3 Å². The van der Waals surface area contributed by atoms with Crippen molar-refractivity contribution in [3.63, 3.8) is 0 Å². The van der Waals surface area contributed by atoms with E-state index in [2.05, 4.69) is 0 Å². The van der Waals surface area contributed by atoms with Crippen LogP contribution in [0, 0.1) is 0 Å². The highest BCUT2D eigenvalue weighted by Gasteiger charge is 2.21. The van der Waals surface area contributed by atoms with Crippen molar-refractivity contribution >= 4 is 33.0 Å². The fourth-order valence-corrected chi connectivity index (χ4v) is 5.01. The minimum absolute atomic E-state index is 0.0211. The summed E-state index contributed by atoms with van der Waals surface area (Å²) in [5.41, 5.74) is 0. The van der Waals surface area contributed by atoms with Gasteiger partial charge in [0.25, 0.3) is 0 Å². The number of sulfone groups is 1. The summed E-state index contributed by atoms with van der Waals surface area (Å²) in [5, 5.41) is 20.1. The van der Waals surface area contributed by atoms with Gasteiger partial charge in [-0.3, -0.25) is 0 Å². The number of ether oxygens (including phenoxy) is 2. The Bertz CT molecular complexity index is 958. The summed E-state index contributed by atoms with van der Waals surface area (Å²) in [7, 11) is 3.75. The van der Waals surface area contributed by atoms with Gasteiger partial charge in [0.05, 0.1) is 48.0 Å². The Morgan fingerprint density at radius 3 is 1.45 bits per heavy atom. The lowest BCUT2D eigenvalue weighted by Crippen LogP contribution is -3.07. The van der Waals surface area contributed by atoms with E-state index in [1.54, 1.807) is 0 Å². The molecular weight excluding hydrogens is 491 g/mol. The standard InChI is InChI=1S/C22H30Cl2N2O6S/c1-25(2)11-15(27)13-31-21-7-5-17(9-19(21)23)33(29,30)18-6-8-22(20(24)10-18)32-14-16(28)12-26(3)4/h5-10,15-16,27-28H,11-14H2,1-4H3/p+2/t15-,16+. The number of quaternary nitrogens is 2. The first kappa shape index (κ1) is 27.7. The SMILES string of the molecule is C[NH+](C)C[C@H](O)COc1ccc(S(=O)(=O)c2ccc(OC[C@H](O)C[NH+](C)C)c(Cl)c2)cc1Cl. The molecule has 184 valence electrons. The highest BCUT2D eigenvalue weighted by molar-refractivity contribution is 7.91. The summed E-state index contributed by atoms with van der Waals surface area (Å²) in [6.07, 6.45) is -1.36. The molecule has 0 fully saturated rings. The lowest BCUT2D eigenvalue weighted by Gasteiger charge is -2.16. The van der Waals surface area contributed by atoms with Gasteiger partial charge in [-0.15, -0.1) is 0 Å². The van der Waals surface area contributed by atoms with Crippen LogP contribution in [0.1, 0.15) is 0 Å². The second-order valence-electron chi connectivity index (χ2n) is 8.44. The highest BCUT2D eigenvalue weighted by Crippen LogP contribution is 2.33. The first-order valence-corrected chi connectivity index (χ1v) is 12.7. The van der Waals surface area contributed by atoms with Crippen LogP contribution in [0.3, 0.4) is 0 Å². The fraction of sp³-hybridized carbons (Fsp3) is 0.455. The first-order valence-electron chi connectivity index (χ1n) is 10.4. The molecule has 0 saturated carbocycles. The molecule has 4 N–H and O–H groups in total. The lowest BCUT2D eigenvalue weighted by atomic mass is 10.3. The number of halogens is 2. The molecule has 0 aromatic heterocycles. The molecule has 2 atom stereocenters. The number of aliphatic hydroxyl groups excluding tert-OH is 2. The van der Waals surface area contributed by atoms with E-state index < -0.39 is 22.0 Å². The summed E-state index contributed by atoms with van der Waals surface area (Å²) in [6, 6.07) is 8.29. The van der Waals surface area contributed by atoms with Crippen LogP contribution in [-0.4, -0.2) is 85.3 Å². The lowest BCUT2D eigenvalue weighted by molar-refractivity contribution is -0.861. The third kappa shape index (κ3) is 8.29. The smallest absolute Gasteiger partial charge is 0.206 e. The average Bonchev–Trinajstić information content (AvgIpc) is 2.70. The zero-order valence-corrected chi connectivity index (χ0v) is 21.5. The summed E-state index contributed by atoms with van der Waals surface area (Å²) in [6.45, 7) is 1.08. The second-order valence-corrected chi connectivity index (χ2v) is 11.2. The zero-order valence-electron chi connectivity index (χ0n) is 19.1. The molecule has 0 unspecified atom stereocenters.